The van der Waals surface area contributed by atoms with Crippen molar-refractivity contribution in [2.24, 2.45) is 0 Å². The lowest BCUT2D eigenvalue weighted by Crippen LogP contribution is -2.16. The lowest BCUT2D eigenvalue weighted by molar-refractivity contribution is -0.116. The summed E-state index contributed by atoms with van der Waals surface area (Å²) in [6.07, 6.45) is 0.334. The Balaban J connectivity index is 1.86. The van der Waals surface area contributed by atoms with Gasteiger partial charge in [-0.3, -0.25) is 4.79 Å². The summed E-state index contributed by atoms with van der Waals surface area (Å²) in [5.74, 6) is 0.787. The number of aryl methyl sites for hydroxylation is 4. The minimum absolute atomic E-state index is 0.0296. The van der Waals surface area contributed by atoms with E-state index in [1.54, 1.807) is 0 Å². The third kappa shape index (κ3) is 4.62. The SMILES string of the molecule is Cc1cc(C)cc(OCCC(=O)Nc2cc(C)ccc2C)c1. The van der Waals surface area contributed by atoms with Gasteiger partial charge in [0.25, 0.3) is 0 Å². The summed E-state index contributed by atoms with van der Waals surface area (Å²) >= 11 is 0. The minimum atomic E-state index is -0.0296. The predicted molar refractivity (Wildman–Crippen MR) is 90.6 cm³/mol. The summed E-state index contributed by atoms with van der Waals surface area (Å²) in [6, 6.07) is 12.1. The van der Waals surface area contributed by atoms with Crippen molar-refractivity contribution in [3.05, 3.63) is 58.7 Å². The molecule has 3 nitrogen and oxygen atoms in total. The maximum atomic E-state index is 12.0. The van der Waals surface area contributed by atoms with E-state index in [2.05, 4.69) is 11.4 Å². The molecule has 22 heavy (non-hydrogen) atoms. The van der Waals surface area contributed by atoms with Crippen molar-refractivity contribution in [1.29, 1.82) is 0 Å². The molecule has 1 amide bonds. The number of rotatable bonds is 5. The molecule has 0 aliphatic rings. The van der Waals surface area contributed by atoms with Gasteiger partial charge in [-0.2, -0.15) is 0 Å². The Kier molecular flexibility index (Phi) is 5.21. The van der Waals surface area contributed by atoms with Gasteiger partial charge in [-0.15, -0.1) is 0 Å². The molecule has 0 saturated heterocycles. The topological polar surface area (TPSA) is 38.3 Å². The van der Waals surface area contributed by atoms with Crippen LogP contribution in [0.1, 0.15) is 28.7 Å². The number of hydrogen-bond acceptors (Lipinski definition) is 2. The molecule has 0 fully saturated rings. The predicted octanol–water partition coefficient (Wildman–Crippen LogP) is 4.33. The zero-order chi connectivity index (χ0) is 16.1. The number of nitrogens with one attached hydrogen (secondary N) is 1. The molecule has 0 aliphatic carbocycles. The molecule has 0 atom stereocenters. The smallest absolute Gasteiger partial charge is 0.227 e. The van der Waals surface area contributed by atoms with Crippen LogP contribution >= 0.6 is 0 Å². The molecule has 0 aromatic heterocycles. The Labute approximate surface area is 132 Å². The summed E-state index contributed by atoms with van der Waals surface area (Å²) in [5, 5.41) is 2.94. The van der Waals surface area contributed by atoms with Crippen LogP contribution in [0.25, 0.3) is 0 Å². The zero-order valence-electron chi connectivity index (χ0n) is 13.7. The number of benzene rings is 2. The van der Waals surface area contributed by atoms with E-state index in [0.29, 0.717) is 13.0 Å². The number of anilines is 1. The molecule has 0 saturated carbocycles. The number of carbonyl (C=O) groups is 1. The van der Waals surface area contributed by atoms with Crippen LogP contribution in [0.2, 0.25) is 0 Å². The Bertz CT molecular complexity index is 657. The van der Waals surface area contributed by atoms with E-state index in [9.17, 15) is 4.79 Å². The molecule has 116 valence electrons. The highest BCUT2D eigenvalue weighted by molar-refractivity contribution is 5.91. The summed E-state index contributed by atoms with van der Waals surface area (Å²) in [5.41, 5.74) is 5.39. The average Bonchev–Trinajstić information content (AvgIpc) is 2.42. The second kappa shape index (κ2) is 7.12. The highest BCUT2D eigenvalue weighted by Gasteiger charge is 2.06. The van der Waals surface area contributed by atoms with Gasteiger partial charge < -0.3 is 10.1 Å². The summed E-state index contributed by atoms with van der Waals surface area (Å²) in [6.45, 7) is 8.44. The molecule has 0 unspecified atom stereocenters. The Hall–Kier alpha value is -2.29. The van der Waals surface area contributed by atoms with Crippen LogP contribution in [0, 0.1) is 27.7 Å². The third-order valence-corrected chi connectivity index (χ3v) is 3.46. The van der Waals surface area contributed by atoms with Crippen molar-refractivity contribution in [1.82, 2.24) is 0 Å². The summed E-state index contributed by atoms with van der Waals surface area (Å²) in [7, 11) is 0. The van der Waals surface area contributed by atoms with Gasteiger partial charge in [0.2, 0.25) is 5.91 Å². The Morgan fingerprint density at radius 3 is 2.32 bits per heavy atom. The second-order valence-corrected chi connectivity index (χ2v) is 5.79. The van der Waals surface area contributed by atoms with E-state index >= 15 is 0 Å². The lowest BCUT2D eigenvalue weighted by atomic mass is 10.1. The van der Waals surface area contributed by atoms with Crippen molar-refractivity contribution < 1.29 is 9.53 Å². The molecule has 2 aromatic carbocycles. The normalized spacial score (nSPS) is 10.4. The fourth-order valence-corrected chi connectivity index (χ4v) is 2.36. The fourth-order valence-electron chi connectivity index (χ4n) is 2.36. The molecule has 0 radical (unpaired) electrons. The van der Waals surface area contributed by atoms with Gasteiger partial charge in [0.1, 0.15) is 5.75 Å². The molecule has 3 heteroatoms. The van der Waals surface area contributed by atoms with Crippen LogP contribution in [-0.2, 0) is 4.79 Å². The van der Waals surface area contributed by atoms with Gasteiger partial charge in [-0.05, 0) is 68.1 Å². The van der Waals surface area contributed by atoms with Gasteiger partial charge in [-0.1, -0.05) is 18.2 Å². The molecule has 0 heterocycles. The minimum Gasteiger partial charge on any atom is -0.493 e. The van der Waals surface area contributed by atoms with Gasteiger partial charge in [0, 0.05) is 5.69 Å². The fraction of sp³-hybridized carbons (Fsp3) is 0.316. The van der Waals surface area contributed by atoms with Gasteiger partial charge >= 0.3 is 0 Å². The molecule has 2 aromatic rings. The van der Waals surface area contributed by atoms with Gasteiger partial charge in [0.05, 0.1) is 13.0 Å². The first-order valence-electron chi connectivity index (χ1n) is 7.52. The van der Waals surface area contributed by atoms with E-state index < -0.39 is 0 Å². The van der Waals surface area contributed by atoms with Crippen LogP contribution in [-0.4, -0.2) is 12.5 Å². The molecular weight excluding hydrogens is 274 g/mol. The molecule has 2 rings (SSSR count). The maximum Gasteiger partial charge on any atom is 0.227 e. The van der Waals surface area contributed by atoms with E-state index in [0.717, 1.165) is 33.7 Å². The quantitative estimate of drug-likeness (QED) is 0.892. The molecule has 0 aliphatic heterocycles. The van der Waals surface area contributed by atoms with E-state index in [4.69, 9.17) is 4.74 Å². The first kappa shape index (κ1) is 16.1. The van der Waals surface area contributed by atoms with Crippen LogP contribution in [0.4, 0.5) is 5.69 Å². The average molecular weight is 297 g/mol. The van der Waals surface area contributed by atoms with Crippen LogP contribution in [0.15, 0.2) is 36.4 Å². The number of hydrogen-bond donors (Lipinski definition) is 1. The lowest BCUT2D eigenvalue weighted by Gasteiger charge is -2.11. The van der Waals surface area contributed by atoms with Crippen molar-refractivity contribution in [3.8, 4) is 5.75 Å². The van der Waals surface area contributed by atoms with Crippen molar-refractivity contribution >= 4 is 11.6 Å². The molecule has 1 N–H and O–H groups in total. The second-order valence-electron chi connectivity index (χ2n) is 5.79. The summed E-state index contributed by atoms with van der Waals surface area (Å²) < 4.78 is 5.67. The summed E-state index contributed by atoms with van der Waals surface area (Å²) in [4.78, 5) is 12.0. The van der Waals surface area contributed by atoms with E-state index in [1.807, 2.05) is 58.0 Å². The highest BCUT2D eigenvalue weighted by atomic mass is 16.5. The van der Waals surface area contributed by atoms with Gasteiger partial charge in [0.15, 0.2) is 0 Å². The maximum absolute atomic E-state index is 12.0. The molecule has 0 bridgehead atoms. The van der Waals surface area contributed by atoms with E-state index in [-0.39, 0.29) is 5.91 Å². The molecule has 0 spiro atoms. The Morgan fingerprint density at radius 1 is 0.955 bits per heavy atom. The number of amides is 1. The highest BCUT2D eigenvalue weighted by Crippen LogP contribution is 2.18. The number of carbonyl (C=O) groups excluding carboxylic acids is 1. The largest absolute Gasteiger partial charge is 0.493 e. The van der Waals surface area contributed by atoms with Gasteiger partial charge in [-0.25, -0.2) is 0 Å². The van der Waals surface area contributed by atoms with E-state index in [1.165, 1.54) is 0 Å². The molecular formula is C19H23NO2. The Morgan fingerprint density at radius 2 is 1.64 bits per heavy atom. The van der Waals surface area contributed by atoms with Crippen molar-refractivity contribution in [2.45, 2.75) is 34.1 Å². The first-order chi connectivity index (χ1) is 10.4. The van der Waals surface area contributed by atoms with Crippen LogP contribution in [0.3, 0.4) is 0 Å². The monoisotopic (exact) mass is 297 g/mol. The van der Waals surface area contributed by atoms with Crippen LogP contribution < -0.4 is 10.1 Å². The van der Waals surface area contributed by atoms with Crippen LogP contribution in [0.5, 0.6) is 5.75 Å². The number of ether oxygens (including phenoxy) is 1. The van der Waals surface area contributed by atoms with Crippen molar-refractivity contribution in [2.75, 3.05) is 11.9 Å². The zero-order valence-corrected chi connectivity index (χ0v) is 13.7. The third-order valence-electron chi connectivity index (χ3n) is 3.46. The van der Waals surface area contributed by atoms with Crippen molar-refractivity contribution in [3.63, 3.8) is 0 Å². The first-order valence-corrected chi connectivity index (χ1v) is 7.52. The standard InChI is InChI=1S/C19H23NO2/c1-13-5-6-16(4)18(12-13)20-19(21)7-8-22-17-10-14(2)9-15(3)11-17/h5-6,9-12H,7-8H2,1-4H3,(H,20,21).